The lowest BCUT2D eigenvalue weighted by molar-refractivity contribution is -0.130. The van der Waals surface area contributed by atoms with Crippen molar-refractivity contribution in [3.05, 3.63) is 22.9 Å². The maximum Gasteiger partial charge on any atom is 0.257 e. The van der Waals surface area contributed by atoms with Gasteiger partial charge >= 0.3 is 0 Å². The Morgan fingerprint density at radius 1 is 1.36 bits per heavy atom. The number of nitrogens with zero attached hydrogens (tertiary/aromatic N) is 3. The first-order valence-corrected chi connectivity index (χ1v) is 9.68. The van der Waals surface area contributed by atoms with Crippen LogP contribution in [0.1, 0.15) is 42.9 Å². The van der Waals surface area contributed by atoms with Crippen LogP contribution in [0.2, 0.25) is 0 Å². The summed E-state index contributed by atoms with van der Waals surface area (Å²) in [4.78, 5) is 16.2. The van der Waals surface area contributed by atoms with Crippen LogP contribution in [-0.2, 0) is 16.0 Å². The van der Waals surface area contributed by atoms with Gasteiger partial charge in [0.2, 0.25) is 11.8 Å². The molecule has 1 aliphatic rings. The SMILES string of the molecule is Cc1ccc(-c2nnc(CCC(=O)N(C)CC[C@@H]3CCCCO3)o2)s1. The number of thiophene rings is 1. The highest BCUT2D eigenvalue weighted by Crippen LogP contribution is 2.26. The third-order valence-corrected chi connectivity index (χ3v) is 5.45. The summed E-state index contributed by atoms with van der Waals surface area (Å²) in [5.74, 6) is 1.14. The second-order valence-electron chi connectivity index (χ2n) is 6.50. The molecular formula is C18H25N3O3S. The van der Waals surface area contributed by atoms with Crippen LogP contribution in [0.5, 0.6) is 0 Å². The Labute approximate surface area is 152 Å². The molecule has 25 heavy (non-hydrogen) atoms. The van der Waals surface area contributed by atoms with E-state index in [-0.39, 0.29) is 5.91 Å². The van der Waals surface area contributed by atoms with Gasteiger partial charge in [0.25, 0.3) is 5.89 Å². The van der Waals surface area contributed by atoms with E-state index in [2.05, 4.69) is 10.2 Å². The minimum atomic E-state index is 0.0996. The molecule has 1 saturated heterocycles. The molecule has 0 N–H and O–H groups in total. The Bertz CT molecular complexity index is 691. The Balaban J connectivity index is 1.43. The number of hydrogen-bond donors (Lipinski definition) is 0. The number of aromatic nitrogens is 2. The fourth-order valence-corrected chi connectivity index (χ4v) is 3.69. The molecule has 136 valence electrons. The fourth-order valence-electron chi connectivity index (χ4n) is 2.91. The van der Waals surface area contributed by atoms with Crippen molar-refractivity contribution in [1.29, 1.82) is 0 Å². The predicted molar refractivity (Wildman–Crippen MR) is 96.5 cm³/mol. The van der Waals surface area contributed by atoms with Crippen molar-refractivity contribution in [2.45, 2.75) is 51.6 Å². The molecule has 3 heterocycles. The first-order valence-electron chi connectivity index (χ1n) is 8.86. The van der Waals surface area contributed by atoms with E-state index in [1.807, 2.05) is 26.1 Å². The summed E-state index contributed by atoms with van der Waals surface area (Å²) < 4.78 is 11.4. The van der Waals surface area contributed by atoms with Gasteiger partial charge in [-0.15, -0.1) is 21.5 Å². The Morgan fingerprint density at radius 2 is 2.24 bits per heavy atom. The average molecular weight is 363 g/mol. The molecule has 1 aliphatic heterocycles. The van der Waals surface area contributed by atoms with Crippen LogP contribution < -0.4 is 0 Å². The highest BCUT2D eigenvalue weighted by molar-refractivity contribution is 7.15. The van der Waals surface area contributed by atoms with Gasteiger partial charge in [-0.2, -0.15) is 0 Å². The van der Waals surface area contributed by atoms with Gasteiger partial charge in [-0.1, -0.05) is 0 Å². The van der Waals surface area contributed by atoms with Crippen molar-refractivity contribution in [2.24, 2.45) is 0 Å². The number of carbonyl (C=O) groups is 1. The lowest BCUT2D eigenvalue weighted by atomic mass is 10.1. The number of ether oxygens (including phenoxy) is 1. The third kappa shape index (κ3) is 5.12. The number of hydrogen-bond acceptors (Lipinski definition) is 6. The summed E-state index contributed by atoms with van der Waals surface area (Å²) in [6, 6.07) is 4.00. The van der Waals surface area contributed by atoms with E-state index in [1.165, 1.54) is 11.3 Å². The van der Waals surface area contributed by atoms with Gasteiger partial charge in [-0.25, -0.2) is 0 Å². The van der Waals surface area contributed by atoms with E-state index in [0.29, 0.717) is 30.7 Å². The van der Waals surface area contributed by atoms with E-state index in [1.54, 1.807) is 16.2 Å². The Hall–Kier alpha value is -1.73. The maximum atomic E-state index is 12.3. The summed E-state index contributed by atoms with van der Waals surface area (Å²) in [5.41, 5.74) is 0. The topological polar surface area (TPSA) is 68.5 Å². The normalized spacial score (nSPS) is 17.6. The molecule has 0 radical (unpaired) electrons. The van der Waals surface area contributed by atoms with E-state index >= 15 is 0 Å². The quantitative estimate of drug-likeness (QED) is 0.753. The van der Waals surface area contributed by atoms with E-state index in [0.717, 1.165) is 37.3 Å². The zero-order valence-corrected chi connectivity index (χ0v) is 15.7. The molecule has 6 nitrogen and oxygen atoms in total. The standard InChI is InChI=1S/C18H25N3O3S/c1-13-6-7-15(25-13)18-20-19-16(24-18)8-9-17(22)21(2)11-10-14-5-3-4-12-23-14/h6-7,14H,3-5,8-12H2,1-2H3/t14-/m0/s1. The zero-order valence-electron chi connectivity index (χ0n) is 14.9. The second kappa shape index (κ2) is 8.58. The second-order valence-corrected chi connectivity index (χ2v) is 7.79. The monoisotopic (exact) mass is 363 g/mol. The van der Waals surface area contributed by atoms with Crippen LogP contribution in [-0.4, -0.2) is 47.3 Å². The molecule has 2 aromatic heterocycles. The molecule has 1 amide bonds. The molecule has 0 saturated carbocycles. The number of rotatable bonds is 7. The van der Waals surface area contributed by atoms with Crippen molar-refractivity contribution < 1.29 is 13.9 Å². The lowest BCUT2D eigenvalue weighted by Gasteiger charge is -2.25. The van der Waals surface area contributed by atoms with Crippen molar-refractivity contribution in [3.8, 4) is 10.8 Å². The van der Waals surface area contributed by atoms with E-state index < -0.39 is 0 Å². The smallest absolute Gasteiger partial charge is 0.257 e. The van der Waals surface area contributed by atoms with Crippen LogP contribution in [0.3, 0.4) is 0 Å². The van der Waals surface area contributed by atoms with Crippen molar-refractivity contribution >= 4 is 17.2 Å². The molecule has 0 aromatic carbocycles. The van der Waals surface area contributed by atoms with Crippen molar-refractivity contribution in [1.82, 2.24) is 15.1 Å². The molecule has 0 bridgehead atoms. The molecule has 1 fully saturated rings. The van der Waals surface area contributed by atoms with Crippen LogP contribution in [0, 0.1) is 6.92 Å². The van der Waals surface area contributed by atoms with Crippen LogP contribution >= 0.6 is 11.3 Å². The fraction of sp³-hybridized carbons (Fsp3) is 0.611. The van der Waals surface area contributed by atoms with Crippen molar-refractivity contribution in [2.75, 3.05) is 20.2 Å². The van der Waals surface area contributed by atoms with Gasteiger partial charge in [-0.05, 0) is 44.7 Å². The minimum absolute atomic E-state index is 0.0996. The number of amides is 1. The largest absolute Gasteiger partial charge is 0.420 e. The van der Waals surface area contributed by atoms with E-state index in [4.69, 9.17) is 9.15 Å². The van der Waals surface area contributed by atoms with Gasteiger partial charge in [0, 0.05) is 37.9 Å². The molecule has 0 aliphatic carbocycles. The van der Waals surface area contributed by atoms with Crippen LogP contribution in [0.4, 0.5) is 0 Å². The summed E-state index contributed by atoms with van der Waals surface area (Å²) in [6.45, 7) is 3.62. The molecular weight excluding hydrogens is 338 g/mol. The van der Waals surface area contributed by atoms with Gasteiger partial charge in [0.1, 0.15) is 0 Å². The van der Waals surface area contributed by atoms with Crippen LogP contribution in [0.25, 0.3) is 10.8 Å². The first kappa shape index (κ1) is 18.1. The molecule has 0 unspecified atom stereocenters. The number of aryl methyl sites for hydroxylation is 2. The molecule has 0 spiro atoms. The summed E-state index contributed by atoms with van der Waals surface area (Å²) >= 11 is 1.62. The Kier molecular flexibility index (Phi) is 6.20. The maximum absolute atomic E-state index is 12.3. The molecule has 2 aromatic rings. The van der Waals surface area contributed by atoms with Gasteiger partial charge in [0.05, 0.1) is 11.0 Å². The first-order chi connectivity index (χ1) is 12.1. The summed E-state index contributed by atoms with van der Waals surface area (Å²) in [7, 11) is 1.85. The lowest BCUT2D eigenvalue weighted by Crippen LogP contribution is -2.31. The molecule has 3 rings (SSSR count). The Morgan fingerprint density at radius 3 is 2.96 bits per heavy atom. The highest BCUT2D eigenvalue weighted by atomic mass is 32.1. The van der Waals surface area contributed by atoms with Crippen molar-refractivity contribution in [3.63, 3.8) is 0 Å². The van der Waals surface area contributed by atoms with E-state index in [9.17, 15) is 4.79 Å². The number of carbonyl (C=O) groups excluding carboxylic acids is 1. The predicted octanol–water partition coefficient (Wildman–Crippen LogP) is 3.46. The van der Waals surface area contributed by atoms with Gasteiger partial charge in [-0.3, -0.25) is 4.79 Å². The third-order valence-electron chi connectivity index (χ3n) is 4.46. The van der Waals surface area contributed by atoms with Gasteiger partial charge < -0.3 is 14.1 Å². The molecule has 7 heteroatoms. The average Bonchev–Trinajstić information content (AvgIpc) is 3.27. The highest BCUT2D eigenvalue weighted by Gasteiger charge is 2.17. The minimum Gasteiger partial charge on any atom is -0.420 e. The zero-order chi connectivity index (χ0) is 17.6. The van der Waals surface area contributed by atoms with Crippen LogP contribution in [0.15, 0.2) is 16.5 Å². The summed E-state index contributed by atoms with van der Waals surface area (Å²) in [5, 5.41) is 8.12. The summed E-state index contributed by atoms with van der Waals surface area (Å²) in [6.07, 6.45) is 5.55. The van der Waals surface area contributed by atoms with Gasteiger partial charge in [0.15, 0.2) is 0 Å². The molecule has 1 atom stereocenters.